The summed E-state index contributed by atoms with van der Waals surface area (Å²) in [5.74, 6) is 7.14. The lowest BCUT2D eigenvalue weighted by Gasteiger charge is -2.67. The maximum atomic E-state index is 14.3. The molecule has 0 heterocycles. The van der Waals surface area contributed by atoms with Gasteiger partial charge in [0.2, 0.25) is 0 Å². The Bertz CT molecular complexity index is 1370. The molecule has 6 heteroatoms. The van der Waals surface area contributed by atoms with Crippen LogP contribution in [0.3, 0.4) is 0 Å². The first-order valence-electron chi connectivity index (χ1n) is 18.3. The van der Waals surface area contributed by atoms with Crippen molar-refractivity contribution in [2.75, 3.05) is 21.3 Å². The summed E-state index contributed by atoms with van der Waals surface area (Å²) in [7, 11) is 3.96. The number of rotatable bonds is 9. The van der Waals surface area contributed by atoms with Gasteiger partial charge in [0.1, 0.15) is 11.0 Å². The Kier molecular flexibility index (Phi) is 8.02. The van der Waals surface area contributed by atoms with Crippen molar-refractivity contribution in [2.24, 2.45) is 35.5 Å². The lowest BCUT2D eigenvalue weighted by atomic mass is 9.55. The summed E-state index contributed by atoms with van der Waals surface area (Å²) >= 11 is 0. The molecule has 0 saturated heterocycles. The maximum absolute atomic E-state index is 14.3. The molecule has 0 radical (unpaired) electrons. The molecular formula is C40H56NO3PS. The first kappa shape index (κ1) is 31.8. The van der Waals surface area contributed by atoms with E-state index in [0.29, 0.717) is 10.3 Å². The van der Waals surface area contributed by atoms with Crippen LogP contribution in [0.4, 0.5) is 0 Å². The van der Waals surface area contributed by atoms with Crippen LogP contribution in [0, 0.1) is 35.5 Å². The van der Waals surface area contributed by atoms with E-state index in [9.17, 15) is 4.21 Å². The third-order valence-electron chi connectivity index (χ3n) is 13.3. The van der Waals surface area contributed by atoms with E-state index in [2.05, 4.69) is 74.6 Å². The van der Waals surface area contributed by atoms with Crippen molar-refractivity contribution in [3.63, 3.8) is 0 Å². The van der Waals surface area contributed by atoms with Crippen molar-refractivity contribution in [3.8, 4) is 11.5 Å². The number of benzene rings is 2. The fourth-order valence-electron chi connectivity index (χ4n) is 12.7. The summed E-state index contributed by atoms with van der Waals surface area (Å²) in [4.78, 5) is 0. The Morgan fingerprint density at radius 1 is 0.739 bits per heavy atom. The zero-order valence-corrected chi connectivity index (χ0v) is 30.8. The summed E-state index contributed by atoms with van der Waals surface area (Å²) in [6.07, 6.45) is 17.4. The first-order chi connectivity index (χ1) is 22.0. The second kappa shape index (κ2) is 11.6. The van der Waals surface area contributed by atoms with Crippen LogP contribution >= 0.6 is 7.92 Å². The Labute approximate surface area is 282 Å². The van der Waals surface area contributed by atoms with Crippen LogP contribution in [0.25, 0.3) is 0 Å². The minimum atomic E-state index is -1.20. The Morgan fingerprint density at radius 2 is 1.15 bits per heavy atom. The second-order valence-corrected chi connectivity index (χ2v) is 23.0. The highest BCUT2D eigenvalue weighted by molar-refractivity contribution is 7.84. The number of hydrogen-bond acceptors (Lipinski definition) is 3. The van der Waals surface area contributed by atoms with Crippen LogP contribution in [0.5, 0.6) is 11.5 Å². The molecule has 8 saturated carbocycles. The summed E-state index contributed by atoms with van der Waals surface area (Å²) in [6.45, 7) is 6.32. The van der Waals surface area contributed by atoms with Crippen LogP contribution in [0.1, 0.15) is 115 Å². The van der Waals surface area contributed by atoms with Crippen LogP contribution in [0.15, 0.2) is 42.5 Å². The third kappa shape index (κ3) is 5.24. The Balaban J connectivity index is 1.38. The molecule has 0 unspecified atom stereocenters. The minimum absolute atomic E-state index is 0.135. The number of nitrogens with zero attached hydrogens (tertiary/aromatic N) is 1. The quantitative estimate of drug-likeness (QED) is 0.252. The van der Waals surface area contributed by atoms with Gasteiger partial charge in [0.25, 0.3) is 0 Å². The summed E-state index contributed by atoms with van der Waals surface area (Å²) in [6, 6.07) is 15.5. The molecule has 0 N–H and O–H groups in total. The van der Waals surface area contributed by atoms with E-state index in [4.69, 9.17) is 9.47 Å². The van der Waals surface area contributed by atoms with Gasteiger partial charge in [-0.15, -0.1) is 0 Å². The summed E-state index contributed by atoms with van der Waals surface area (Å²) in [5.41, 5.74) is 2.53. The van der Waals surface area contributed by atoms with Crippen molar-refractivity contribution in [3.05, 3.63) is 53.6 Å². The van der Waals surface area contributed by atoms with E-state index in [1.54, 1.807) is 12.4 Å². The van der Waals surface area contributed by atoms with E-state index in [0.717, 1.165) is 47.0 Å². The van der Waals surface area contributed by atoms with Crippen LogP contribution < -0.4 is 14.8 Å². The molecule has 8 aliphatic rings. The zero-order chi connectivity index (χ0) is 32.0. The maximum Gasteiger partial charge on any atom is 0.161 e. The molecule has 0 amide bonds. The highest BCUT2D eigenvalue weighted by atomic mass is 32.2. The largest absolute Gasteiger partial charge is 0.493 e. The Morgan fingerprint density at radius 3 is 1.54 bits per heavy atom. The number of hydrogen-bond donors (Lipinski definition) is 0. The van der Waals surface area contributed by atoms with Crippen molar-refractivity contribution in [1.82, 2.24) is 4.31 Å². The van der Waals surface area contributed by atoms with Gasteiger partial charge in [0.15, 0.2) is 11.5 Å². The lowest BCUT2D eigenvalue weighted by molar-refractivity contribution is 0.0195. The molecule has 2 atom stereocenters. The molecule has 2 aromatic rings. The average molecular weight is 662 g/mol. The minimum Gasteiger partial charge on any atom is -0.493 e. The first-order valence-corrected chi connectivity index (χ1v) is 20.7. The predicted octanol–water partition coefficient (Wildman–Crippen LogP) is 9.23. The number of ether oxygens (including phenoxy) is 2. The molecule has 0 spiro atoms. The molecule has 0 aromatic heterocycles. The highest BCUT2D eigenvalue weighted by Gasteiger charge is 2.63. The van der Waals surface area contributed by atoms with Gasteiger partial charge in [-0.05, 0) is 172 Å². The molecule has 2 aromatic carbocycles. The van der Waals surface area contributed by atoms with E-state index in [1.807, 2.05) is 7.11 Å². The standard InChI is InChI=1S/C40H56NO3PS/c1-38(2,3)46(42)41(4)37(32-10-8-7-9-11-32)33-18-34(43-5)35(44-6)19-36(33)45(39-20-26-12-27(21-39)14-28(13-26)22-39)40-23-29-15-30(24-40)17-31(16-29)25-40/h7-11,18-19,26-31,37H,12-17,20-25H2,1-6H3/t26?,27?,28?,29?,30?,31?,37-,39?,40?,45?,46+/m0/s1. The van der Waals surface area contributed by atoms with Gasteiger partial charge in [0, 0.05) is 7.05 Å². The van der Waals surface area contributed by atoms with Gasteiger partial charge in [-0.2, -0.15) is 0 Å². The van der Waals surface area contributed by atoms with Crippen molar-refractivity contribution < 1.29 is 13.7 Å². The number of methoxy groups -OCH3 is 2. The fourth-order valence-corrected chi connectivity index (χ4v) is 19.4. The Hall–Kier alpha value is -1.42. The van der Waals surface area contributed by atoms with Gasteiger partial charge >= 0.3 is 0 Å². The molecule has 46 heavy (non-hydrogen) atoms. The summed E-state index contributed by atoms with van der Waals surface area (Å²) in [5, 5.41) is 2.38. The van der Waals surface area contributed by atoms with Gasteiger partial charge in [-0.1, -0.05) is 38.3 Å². The van der Waals surface area contributed by atoms with Crippen LogP contribution in [-0.2, 0) is 11.0 Å². The van der Waals surface area contributed by atoms with Gasteiger partial charge in [-0.3, -0.25) is 0 Å². The molecule has 8 bridgehead atoms. The smallest absolute Gasteiger partial charge is 0.161 e. The molecule has 0 aliphatic heterocycles. The van der Waals surface area contributed by atoms with E-state index >= 15 is 0 Å². The molecule has 8 fully saturated rings. The third-order valence-corrected chi connectivity index (χ3v) is 18.9. The van der Waals surface area contributed by atoms with E-state index in [1.165, 1.54) is 88.2 Å². The topological polar surface area (TPSA) is 38.8 Å². The molecule has 4 nitrogen and oxygen atoms in total. The normalized spacial score (nSPS) is 37.8. The van der Waals surface area contributed by atoms with Gasteiger partial charge < -0.3 is 9.47 Å². The molecular weight excluding hydrogens is 605 g/mol. The summed E-state index contributed by atoms with van der Waals surface area (Å²) < 4.78 is 28.4. The fraction of sp³-hybridized carbons (Fsp3) is 0.700. The SMILES string of the molecule is COc1cc([C@H](c2ccccc2)N(C)[S@](=O)C(C)(C)C)c(P(C23CC4CC(CC(C4)C2)C3)C23CC4CC(CC(C4)C2)C3)cc1OC. The predicted molar refractivity (Wildman–Crippen MR) is 192 cm³/mol. The molecule has 250 valence electrons. The van der Waals surface area contributed by atoms with Gasteiger partial charge in [-0.25, -0.2) is 8.51 Å². The van der Waals surface area contributed by atoms with Crippen molar-refractivity contribution in [1.29, 1.82) is 0 Å². The van der Waals surface area contributed by atoms with Crippen molar-refractivity contribution >= 4 is 24.2 Å². The lowest BCUT2D eigenvalue weighted by Crippen LogP contribution is -2.58. The van der Waals surface area contributed by atoms with Crippen LogP contribution in [0.2, 0.25) is 0 Å². The molecule has 10 rings (SSSR count). The van der Waals surface area contributed by atoms with Crippen LogP contribution in [-0.4, -0.2) is 44.8 Å². The van der Waals surface area contributed by atoms with E-state index < -0.39 is 18.9 Å². The zero-order valence-electron chi connectivity index (χ0n) is 29.1. The van der Waals surface area contributed by atoms with E-state index in [-0.39, 0.29) is 10.8 Å². The molecule has 8 aliphatic carbocycles. The van der Waals surface area contributed by atoms with Gasteiger partial charge in [0.05, 0.1) is 25.0 Å². The average Bonchev–Trinajstić information content (AvgIpc) is 2.99. The monoisotopic (exact) mass is 661 g/mol. The highest BCUT2D eigenvalue weighted by Crippen LogP contribution is 2.78. The van der Waals surface area contributed by atoms with Crippen molar-refractivity contribution in [2.45, 2.75) is 119 Å². The second-order valence-electron chi connectivity index (χ2n) is 17.6.